The lowest BCUT2D eigenvalue weighted by Gasteiger charge is -2.17. The number of nitrogens with one attached hydrogen (secondary N) is 1. The first kappa shape index (κ1) is 12.3. The molecule has 0 saturated heterocycles. The van der Waals surface area contributed by atoms with Gasteiger partial charge in [0, 0.05) is 18.4 Å². The molecule has 1 aliphatic carbocycles. The molecule has 3 rings (SSSR count). The van der Waals surface area contributed by atoms with Gasteiger partial charge in [0.15, 0.2) is 11.5 Å². The van der Waals surface area contributed by atoms with Gasteiger partial charge < -0.3 is 15.5 Å². The van der Waals surface area contributed by atoms with Crippen molar-refractivity contribution in [2.24, 2.45) is 5.92 Å². The second kappa shape index (κ2) is 5.07. The molecule has 19 heavy (non-hydrogen) atoms. The molecule has 0 bridgehead atoms. The maximum absolute atomic E-state index is 5.84. The lowest BCUT2D eigenvalue weighted by atomic mass is 10.0. The van der Waals surface area contributed by atoms with E-state index in [4.69, 9.17) is 5.73 Å². The zero-order valence-corrected chi connectivity index (χ0v) is 11.3. The van der Waals surface area contributed by atoms with Crippen LogP contribution in [0, 0.1) is 5.92 Å². The molecule has 2 unspecified atom stereocenters. The van der Waals surface area contributed by atoms with Crippen molar-refractivity contribution in [2.45, 2.75) is 45.1 Å². The molecule has 0 aromatic carbocycles. The average molecular weight is 259 g/mol. The van der Waals surface area contributed by atoms with Gasteiger partial charge in [-0.3, -0.25) is 0 Å². The Balaban J connectivity index is 1.82. The Morgan fingerprint density at radius 3 is 3.11 bits per heavy atom. The normalized spacial score (nSPS) is 24.3. The van der Waals surface area contributed by atoms with E-state index in [0.29, 0.717) is 11.9 Å². The van der Waals surface area contributed by atoms with E-state index < -0.39 is 0 Å². The van der Waals surface area contributed by atoms with Gasteiger partial charge in [-0.25, -0.2) is 9.97 Å². The second-order valence-corrected chi connectivity index (χ2v) is 5.63. The van der Waals surface area contributed by atoms with Crippen molar-refractivity contribution in [3.8, 4) is 0 Å². The number of nitrogen functional groups attached to an aromatic ring is 1. The number of imidazole rings is 1. The molecule has 1 fully saturated rings. The lowest BCUT2D eigenvalue weighted by molar-refractivity contribution is 0.502. The molecule has 5 heteroatoms. The molecule has 2 aromatic heterocycles. The number of rotatable bonds is 2. The number of nitrogens with zero attached hydrogens (tertiary/aromatic N) is 3. The minimum atomic E-state index is 0.486. The third-order valence-corrected chi connectivity index (χ3v) is 3.99. The summed E-state index contributed by atoms with van der Waals surface area (Å²) in [7, 11) is 0. The summed E-state index contributed by atoms with van der Waals surface area (Å²) in [6.07, 6.45) is 11.8. The van der Waals surface area contributed by atoms with Gasteiger partial charge in [0.2, 0.25) is 0 Å². The van der Waals surface area contributed by atoms with Gasteiger partial charge in [0.25, 0.3) is 0 Å². The van der Waals surface area contributed by atoms with Crippen molar-refractivity contribution < 1.29 is 0 Å². The highest BCUT2D eigenvalue weighted by Crippen LogP contribution is 2.25. The summed E-state index contributed by atoms with van der Waals surface area (Å²) in [5.74, 6) is 2.17. The number of hydrogen-bond acceptors (Lipinski definition) is 4. The predicted octanol–water partition coefficient (Wildman–Crippen LogP) is 2.69. The summed E-state index contributed by atoms with van der Waals surface area (Å²) >= 11 is 0. The summed E-state index contributed by atoms with van der Waals surface area (Å²) in [6, 6.07) is 0.486. The highest BCUT2D eigenvalue weighted by molar-refractivity contribution is 5.65. The van der Waals surface area contributed by atoms with E-state index in [1.165, 1.54) is 32.1 Å². The maximum atomic E-state index is 5.84. The first-order valence-corrected chi connectivity index (χ1v) is 7.08. The van der Waals surface area contributed by atoms with Gasteiger partial charge >= 0.3 is 0 Å². The molecule has 0 radical (unpaired) electrons. The zero-order valence-electron chi connectivity index (χ0n) is 11.3. The maximum Gasteiger partial charge on any atom is 0.180 e. The number of hydrogen-bond donors (Lipinski definition) is 2. The monoisotopic (exact) mass is 259 g/mol. The molecule has 1 aliphatic rings. The Kier molecular flexibility index (Phi) is 3.27. The molecular formula is C14H21N5. The third-order valence-electron chi connectivity index (χ3n) is 3.99. The fraction of sp³-hybridized carbons (Fsp3) is 0.571. The highest BCUT2D eigenvalue weighted by Gasteiger charge is 2.17. The van der Waals surface area contributed by atoms with Crippen LogP contribution in [-0.2, 0) is 0 Å². The van der Waals surface area contributed by atoms with Crippen molar-refractivity contribution in [1.82, 2.24) is 14.4 Å². The van der Waals surface area contributed by atoms with Crippen LogP contribution in [0.3, 0.4) is 0 Å². The van der Waals surface area contributed by atoms with E-state index in [0.717, 1.165) is 17.4 Å². The van der Waals surface area contributed by atoms with Crippen LogP contribution in [0.1, 0.15) is 39.0 Å². The topological polar surface area (TPSA) is 68.2 Å². The number of fused-ring (bicyclic) bond motifs is 1. The lowest BCUT2D eigenvalue weighted by Crippen LogP contribution is -2.20. The SMILES string of the molecule is CC1CCCC(Nc2nc(N)cn3ccnc23)CC1. The van der Waals surface area contributed by atoms with Crippen LogP contribution < -0.4 is 11.1 Å². The Morgan fingerprint density at radius 1 is 1.32 bits per heavy atom. The molecule has 3 N–H and O–H groups in total. The van der Waals surface area contributed by atoms with Crippen LogP contribution in [0.2, 0.25) is 0 Å². The summed E-state index contributed by atoms with van der Waals surface area (Å²) in [5.41, 5.74) is 6.70. The molecule has 0 amide bonds. The minimum Gasteiger partial charge on any atom is -0.382 e. The molecule has 2 aromatic rings. The molecule has 0 aliphatic heterocycles. The standard InChI is InChI=1S/C14H21N5/c1-10-3-2-4-11(6-5-10)17-13-14-16-7-8-19(14)9-12(15)18-13/h7-11H,2-6,15H2,1H3,(H,17,18). The molecule has 102 valence electrons. The minimum absolute atomic E-state index is 0.486. The van der Waals surface area contributed by atoms with E-state index in [-0.39, 0.29) is 0 Å². The van der Waals surface area contributed by atoms with Crippen LogP contribution in [-0.4, -0.2) is 20.4 Å². The largest absolute Gasteiger partial charge is 0.382 e. The van der Waals surface area contributed by atoms with Crippen LogP contribution in [0.4, 0.5) is 11.6 Å². The molecule has 2 atom stereocenters. The fourth-order valence-corrected chi connectivity index (χ4v) is 2.87. The van der Waals surface area contributed by atoms with E-state index >= 15 is 0 Å². The van der Waals surface area contributed by atoms with Crippen molar-refractivity contribution in [3.63, 3.8) is 0 Å². The fourth-order valence-electron chi connectivity index (χ4n) is 2.87. The number of anilines is 2. The summed E-state index contributed by atoms with van der Waals surface area (Å²) in [4.78, 5) is 8.75. The zero-order chi connectivity index (χ0) is 13.2. The Morgan fingerprint density at radius 2 is 2.21 bits per heavy atom. The third kappa shape index (κ3) is 2.64. The highest BCUT2D eigenvalue weighted by atomic mass is 15.1. The molecular weight excluding hydrogens is 238 g/mol. The van der Waals surface area contributed by atoms with Crippen LogP contribution >= 0.6 is 0 Å². The summed E-state index contributed by atoms with van der Waals surface area (Å²) < 4.78 is 1.92. The van der Waals surface area contributed by atoms with Gasteiger partial charge in [-0.2, -0.15) is 0 Å². The van der Waals surface area contributed by atoms with Crippen molar-refractivity contribution >= 4 is 17.3 Å². The van der Waals surface area contributed by atoms with Crippen LogP contribution in [0.25, 0.3) is 5.65 Å². The Hall–Kier alpha value is -1.78. The van der Waals surface area contributed by atoms with Gasteiger partial charge in [-0.05, 0) is 25.2 Å². The van der Waals surface area contributed by atoms with Crippen LogP contribution in [0.5, 0.6) is 0 Å². The van der Waals surface area contributed by atoms with Crippen molar-refractivity contribution in [2.75, 3.05) is 11.1 Å². The first-order valence-electron chi connectivity index (χ1n) is 7.08. The van der Waals surface area contributed by atoms with Crippen LogP contribution in [0.15, 0.2) is 18.6 Å². The Labute approximate surface area is 113 Å². The summed E-state index contributed by atoms with van der Waals surface area (Å²) in [6.45, 7) is 2.34. The number of nitrogens with two attached hydrogens (primary N) is 1. The van der Waals surface area contributed by atoms with E-state index in [1.54, 1.807) is 12.4 Å². The smallest absolute Gasteiger partial charge is 0.180 e. The van der Waals surface area contributed by atoms with Gasteiger partial charge in [-0.1, -0.05) is 19.8 Å². The van der Waals surface area contributed by atoms with Gasteiger partial charge in [0.05, 0.1) is 6.20 Å². The van der Waals surface area contributed by atoms with Gasteiger partial charge in [0.1, 0.15) is 5.82 Å². The molecule has 2 heterocycles. The molecule has 0 spiro atoms. The first-order chi connectivity index (χ1) is 9.22. The quantitative estimate of drug-likeness (QED) is 0.814. The van der Waals surface area contributed by atoms with Crippen molar-refractivity contribution in [3.05, 3.63) is 18.6 Å². The van der Waals surface area contributed by atoms with Crippen molar-refractivity contribution in [1.29, 1.82) is 0 Å². The summed E-state index contributed by atoms with van der Waals surface area (Å²) in [5, 5.41) is 3.54. The van der Waals surface area contributed by atoms with E-state index in [9.17, 15) is 0 Å². The predicted molar refractivity (Wildman–Crippen MR) is 77.1 cm³/mol. The Bertz CT molecular complexity index is 562. The van der Waals surface area contributed by atoms with E-state index in [2.05, 4.69) is 22.2 Å². The van der Waals surface area contributed by atoms with Gasteiger partial charge in [-0.15, -0.1) is 0 Å². The second-order valence-electron chi connectivity index (χ2n) is 5.63. The van der Waals surface area contributed by atoms with E-state index in [1.807, 2.05) is 10.6 Å². The molecule has 1 saturated carbocycles. The number of aromatic nitrogens is 3. The molecule has 5 nitrogen and oxygen atoms in total. The average Bonchev–Trinajstić information content (AvgIpc) is 2.74.